The Kier molecular flexibility index (Phi) is 3.94. The van der Waals surface area contributed by atoms with Crippen molar-refractivity contribution in [3.63, 3.8) is 0 Å². The molecule has 2 heteroatoms. The summed E-state index contributed by atoms with van der Waals surface area (Å²) >= 11 is 0. The predicted octanol–water partition coefficient (Wildman–Crippen LogP) is 5.07. The Bertz CT molecular complexity index is 626. The molecule has 0 amide bonds. The van der Waals surface area contributed by atoms with Gasteiger partial charge in [0, 0.05) is 6.42 Å². The highest BCUT2D eigenvalue weighted by molar-refractivity contribution is 5.91. The van der Waals surface area contributed by atoms with E-state index in [0.717, 1.165) is 32.1 Å². The zero-order valence-electron chi connectivity index (χ0n) is 14.8. The lowest BCUT2D eigenvalue weighted by molar-refractivity contribution is -0.116. The van der Waals surface area contributed by atoms with Crippen LogP contribution in [0.3, 0.4) is 0 Å². The Labute approximate surface area is 146 Å². The van der Waals surface area contributed by atoms with Gasteiger partial charge in [-0.15, -0.1) is 6.58 Å². The van der Waals surface area contributed by atoms with Gasteiger partial charge in [-0.1, -0.05) is 18.6 Å². The van der Waals surface area contributed by atoms with Gasteiger partial charge in [-0.2, -0.15) is 5.26 Å². The summed E-state index contributed by atoms with van der Waals surface area (Å²) in [7, 11) is 0. The molecule has 3 fully saturated rings. The van der Waals surface area contributed by atoms with Gasteiger partial charge in [0.15, 0.2) is 5.78 Å². The molecule has 3 saturated carbocycles. The molecule has 0 radical (unpaired) electrons. The molecule has 4 aliphatic rings. The minimum absolute atomic E-state index is 0.253. The monoisotopic (exact) mass is 323 g/mol. The third kappa shape index (κ3) is 2.10. The average Bonchev–Trinajstić information content (AvgIpc) is 2.99. The van der Waals surface area contributed by atoms with Crippen LogP contribution in [0.1, 0.15) is 58.3 Å². The van der Waals surface area contributed by atoms with Gasteiger partial charge in [-0.05, 0) is 86.0 Å². The van der Waals surface area contributed by atoms with Crippen LogP contribution in [0.4, 0.5) is 0 Å². The molecule has 0 aromatic rings. The first-order valence-corrected chi connectivity index (χ1v) is 9.90. The number of hydrogen-bond acceptors (Lipinski definition) is 2. The topological polar surface area (TPSA) is 40.9 Å². The molecular formula is C22H29NO. The quantitative estimate of drug-likeness (QED) is 0.666. The minimum atomic E-state index is 0.253. The van der Waals surface area contributed by atoms with Crippen molar-refractivity contribution in [3.05, 3.63) is 24.3 Å². The highest BCUT2D eigenvalue weighted by Gasteiger charge is 2.59. The standard InChI is InChI=1S/C22H29NO/c1-3-14-11-15-12-17(24)6-7-18(15)19-9-10-22(4-2)16(13-23)5-8-20(22)21(14)19/h3,12,14,16,18-21H,1,4-11H2,2H3/t14-,16+,18-,19+,20-,21+,22+/m0/s1. The molecule has 0 aromatic heterocycles. The number of allylic oxidation sites excluding steroid dienone is 2. The van der Waals surface area contributed by atoms with Crippen molar-refractivity contribution in [2.24, 2.45) is 40.9 Å². The van der Waals surface area contributed by atoms with Crippen LogP contribution in [0.15, 0.2) is 24.3 Å². The molecule has 4 aliphatic carbocycles. The van der Waals surface area contributed by atoms with Crippen LogP contribution < -0.4 is 0 Å². The van der Waals surface area contributed by atoms with E-state index in [1.54, 1.807) is 0 Å². The van der Waals surface area contributed by atoms with Crippen molar-refractivity contribution in [1.29, 1.82) is 5.26 Å². The van der Waals surface area contributed by atoms with E-state index in [1.807, 2.05) is 6.08 Å². The molecule has 0 unspecified atom stereocenters. The first-order chi connectivity index (χ1) is 11.6. The molecule has 0 aliphatic heterocycles. The first-order valence-electron chi connectivity index (χ1n) is 9.90. The molecule has 0 spiro atoms. The normalized spacial score (nSPS) is 47.0. The highest BCUT2D eigenvalue weighted by Crippen LogP contribution is 2.66. The van der Waals surface area contributed by atoms with E-state index in [1.165, 1.54) is 24.8 Å². The van der Waals surface area contributed by atoms with E-state index in [9.17, 15) is 10.1 Å². The van der Waals surface area contributed by atoms with Gasteiger partial charge < -0.3 is 0 Å². The smallest absolute Gasteiger partial charge is 0.155 e. The summed E-state index contributed by atoms with van der Waals surface area (Å²) in [6.45, 7) is 6.46. The summed E-state index contributed by atoms with van der Waals surface area (Å²) in [5.74, 6) is 3.79. The van der Waals surface area contributed by atoms with Crippen LogP contribution in [0.2, 0.25) is 0 Å². The van der Waals surface area contributed by atoms with Gasteiger partial charge >= 0.3 is 0 Å². The maximum atomic E-state index is 11.9. The molecule has 0 bridgehead atoms. The molecule has 0 saturated heterocycles. The second-order valence-corrected chi connectivity index (χ2v) is 8.67. The third-order valence-electron chi connectivity index (χ3n) is 8.22. The van der Waals surface area contributed by atoms with E-state index in [0.29, 0.717) is 35.4 Å². The number of hydrogen-bond donors (Lipinski definition) is 0. The van der Waals surface area contributed by atoms with E-state index >= 15 is 0 Å². The van der Waals surface area contributed by atoms with Gasteiger partial charge in [0.05, 0.1) is 12.0 Å². The Balaban J connectivity index is 1.72. The molecular weight excluding hydrogens is 294 g/mol. The maximum Gasteiger partial charge on any atom is 0.155 e. The molecule has 0 aromatic carbocycles. The summed E-state index contributed by atoms with van der Waals surface area (Å²) in [6.07, 6.45) is 12.9. The molecule has 0 N–H and O–H groups in total. The van der Waals surface area contributed by atoms with Crippen LogP contribution >= 0.6 is 0 Å². The number of ketones is 1. The Morgan fingerprint density at radius 3 is 2.92 bits per heavy atom. The SMILES string of the molecule is C=C[C@H]1CC2=CC(=O)CC[C@@H]2[C@H]2CC[C@]3(CC)[C@@H](C#N)CC[C@H]3[C@@H]21. The zero-order valence-corrected chi connectivity index (χ0v) is 14.8. The average molecular weight is 323 g/mol. The maximum absolute atomic E-state index is 11.9. The van der Waals surface area contributed by atoms with Crippen molar-refractivity contribution in [2.75, 3.05) is 0 Å². The molecule has 4 rings (SSSR count). The molecule has 128 valence electrons. The van der Waals surface area contributed by atoms with Crippen LogP contribution in [0.25, 0.3) is 0 Å². The van der Waals surface area contributed by atoms with Crippen molar-refractivity contribution in [2.45, 2.75) is 58.3 Å². The molecule has 7 atom stereocenters. The number of rotatable bonds is 2. The van der Waals surface area contributed by atoms with Gasteiger partial charge in [-0.25, -0.2) is 0 Å². The summed E-state index contributed by atoms with van der Waals surface area (Å²) in [5.41, 5.74) is 1.67. The fourth-order valence-electron chi connectivity index (χ4n) is 7.22. The van der Waals surface area contributed by atoms with Gasteiger partial charge in [0.1, 0.15) is 0 Å². The Morgan fingerprint density at radius 2 is 2.21 bits per heavy atom. The number of fused-ring (bicyclic) bond motifs is 5. The molecule has 0 heterocycles. The number of carbonyl (C=O) groups is 1. The fraction of sp³-hybridized carbons (Fsp3) is 0.727. The highest BCUT2D eigenvalue weighted by atomic mass is 16.1. The van der Waals surface area contributed by atoms with Crippen LogP contribution in [-0.2, 0) is 4.79 Å². The minimum Gasteiger partial charge on any atom is -0.295 e. The summed E-state index contributed by atoms with van der Waals surface area (Å²) in [4.78, 5) is 11.9. The van der Waals surface area contributed by atoms with Gasteiger partial charge in [-0.3, -0.25) is 4.79 Å². The summed E-state index contributed by atoms with van der Waals surface area (Å²) in [6, 6.07) is 2.66. The number of carbonyl (C=O) groups excluding carboxylic acids is 1. The largest absolute Gasteiger partial charge is 0.295 e. The summed E-state index contributed by atoms with van der Waals surface area (Å²) < 4.78 is 0. The van der Waals surface area contributed by atoms with Crippen LogP contribution in [-0.4, -0.2) is 5.78 Å². The van der Waals surface area contributed by atoms with E-state index in [4.69, 9.17) is 0 Å². The van der Waals surface area contributed by atoms with Crippen molar-refractivity contribution in [1.82, 2.24) is 0 Å². The lowest BCUT2D eigenvalue weighted by Gasteiger charge is -2.56. The van der Waals surface area contributed by atoms with Crippen molar-refractivity contribution in [3.8, 4) is 6.07 Å². The van der Waals surface area contributed by atoms with E-state index in [2.05, 4.69) is 25.6 Å². The zero-order chi connectivity index (χ0) is 16.9. The van der Waals surface area contributed by atoms with Crippen LogP contribution in [0, 0.1) is 52.3 Å². The number of nitriles is 1. The van der Waals surface area contributed by atoms with Gasteiger partial charge in [0.2, 0.25) is 0 Å². The fourth-order valence-corrected chi connectivity index (χ4v) is 7.22. The van der Waals surface area contributed by atoms with E-state index in [-0.39, 0.29) is 11.3 Å². The third-order valence-corrected chi connectivity index (χ3v) is 8.22. The van der Waals surface area contributed by atoms with E-state index < -0.39 is 0 Å². The lowest BCUT2D eigenvalue weighted by atomic mass is 9.48. The lowest BCUT2D eigenvalue weighted by Crippen LogP contribution is -2.50. The Morgan fingerprint density at radius 1 is 1.38 bits per heavy atom. The predicted molar refractivity (Wildman–Crippen MR) is 94.9 cm³/mol. The van der Waals surface area contributed by atoms with Crippen LogP contribution in [0.5, 0.6) is 0 Å². The first kappa shape index (κ1) is 16.1. The van der Waals surface area contributed by atoms with Gasteiger partial charge in [0.25, 0.3) is 0 Å². The number of nitrogens with zero attached hydrogens (tertiary/aromatic N) is 1. The molecule has 2 nitrogen and oxygen atoms in total. The van der Waals surface area contributed by atoms with Crippen molar-refractivity contribution < 1.29 is 4.79 Å². The second-order valence-electron chi connectivity index (χ2n) is 8.67. The molecule has 24 heavy (non-hydrogen) atoms. The second kappa shape index (κ2) is 5.87. The Hall–Kier alpha value is -1.36. The van der Waals surface area contributed by atoms with Crippen molar-refractivity contribution >= 4 is 5.78 Å². The summed E-state index contributed by atoms with van der Waals surface area (Å²) in [5, 5.41) is 9.72.